The van der Waals surface area contributed by atoms with E-state index < -0.39 is 17.7 Å². The fourth-order valence-electron chi connectivity index (χ4n) is 2.40. The van der Waals surface area contributed by atoms with Crippen LogP contribution in [0.15, 0.2) is 48.5 Å². The normalized spacial score (nSPS) is 12.2. The molecule has 2 rings (SSSR count). The molecule has 0 fully saturated rings. The molecule has 0 bridgehead atoms. The number of aliphatic carboxylic acids is 1. The summed E-state index contributed by atoms with van der Waals surface area (Å²) in [5.41, 5.74) is 2.02. The summed E-state index contributed by atoms with van der Waals surface area (Å²) in [6.07, 6.45) is -0.151. The Balaban J connectivity index is 2.20. The lowest BCUT2D eigenvalue weighted by Crippen LogP contribution is -2.16. The minimum atomic E-state index is -1.04. The van der Waals surface area contributed by atoms with E-state index in [2.05, 4.69) is 13.8 Å². The summed E-state index contributed by atoms with van der Waals surface area (Å²) in [6, 6.07) is 12.4. The van der Waals surface area contributed by atoms with Gasteiger partial charge in [0.25, 0.3) is 0 Å². The van der Waals surface area contributed by atoms with E-state index in [-0.39, 0.29) is 12.2 Å². The lowest BCUT2D eigenvalue weighted by molar-refractivity contribution is -0.138. The van der Waals surface area contributed by atoms with Gasteiger partial charge in [-0.3, -0.25) is 9.59 Å². The molecule has 0 heterocycles. The van der Waals surface area contributed by atoms with Gasteiger partial charge in [0.15, 0.2) is 5.78 Å². The van der Waals surface area contributed by atoms with Crippen molar-refractivity contribution in [1.82, 2.24) is 0 Å². The van der Waals surface area contributed by atoms with Crippen molar-refractivity contribution in [1.29, 1.82) is 0 Å². The maximum absolute atomic E-state index is 12.9. The van der Waals surface area contributed by atoms with Crippen molar-refractivity contribution in [2.45, 2.75) is 32.1 Å². The summed E-state index contributed by atoms with van der Waals surface area (Å²) < 4.78 is 12.9. The number of hydrogen-bond acceptors (Lipinski definition) is 2. The molecule has 0 saturated carbocycles. The first kappa shape index (κ1) is 16.9. The van der Waals surface area contributed by atoms with Gasteiger partial charge in [0.1, 0.15) is 5.82 Å². The molecule has 0 saturated heterocycles. The van der Waals surface area contributed by atoms with Gasteiger partial charge in [-0.2, -0.15) is 0 Å². The lowest BCUT2D eigenvalue weighted by atomic mass is 9.90. The van der Waals surface area contributed by atoms with Crippen LogP contribution in [0.25, 0.3) is 0 Å². The van der Waals surface area contributed by atoms with E-state index in [0.717, 1.165) is 5.56 Å². The predicted octanol–water partition coefficient (Wildman–Crippen LogP) is 4.39. The van der Waals surface area contributed by atoms with Crippen LogP contribution < -0.4 is 0 Å². The average Bonchev–Trinajstić information content (AvgIpc) is 2.53. The molecule has 1 N–H and O–H groups in total. The van der Waals surface area contributed by atoms with E-state index in [9.17, 15) is 19.1 Å². The molecule has 120 valence electrons. The van der Waals surface area contributed by atoms with Crippen molar-refractivity contribution in [2.24, 2.45) is 0 Å². The molecule has 0 aliphatic heterocycles. The largest absolute Gasteiger partial charge is 0.481 e. The minimum absolute atomic E-state index is 0.151. The maximum atomic E-state index is 12.9. The van der Waals surface area contributed by atoms with Gasteiger partial charge in [0.2, 0.25) is 0 Å². The highest BCUT2D eigenvalue weighted by Gasteiger charge is 2.24. The van der Waals surface area contributed by atoms with Crippen LogP contribution in [-0.2, 0) is 4.79 Å². The maximum Gasteiger partial charge on any atom is 0.311 e. The molecule has 0 radical (unpaired) electrons. The summed E-state index contributed by atoms with van der Waals surface area (Å²) in [5.74, 6) is -2.34. The highest BCUT2D eigenvalue weighted by atomic mass is 19.1. The van der Waals surface area contributed by atoms with Gasteiger partial charge < -0.3 is 5.11 Å². The van der Waals surface area contributed by atoms with E-state index in [1.807, 2.05) is 12.1 Å². The van der Waals surface area contributed by atoms with Crippen LogP contribution in [0.2, 0.25) is 0 Å². The van der Waals surface area contributed by atoms with Crippen LogP contribution in [0.5, 0.6) is 0 Å². The van der Waals surface area contributed by atoms with E-state index in [1.165, 1.54) is 24.3 Å². The molecular weight excluding hydrogens is 295 g/mol. The summed E-state index contributed by atoms with van der Waals surface area (Å²) in [5, 5.41) is 9.43. The van der Waals surface area contributed by atoms with Crippen LogP contribution >= 0.6 is 0 Å². The third-order valence-electron chi connectivity index (χ3n) is 3.86. The lowest BCUT2D eigenvalue weighted by Gasteiger charge is -2.14. The van der Waals surface area contributed by atoms with Crippen molar-refractivity contribution in [2.75, 3.05) is 0 Å². The molecule has 0 spiro atoms. The SMILES string of the molecule is CC(C)c1ccc(C(CC(=O)c2ccc(F)cc2)C(=O)O)cc1. The zero-order chi connectivity index (χ0) is 17.0. The Bertz CT molecular complexity index is 688. The van der Waals surface area contributed by atoms with E-state index >= 15 is 0 Å². The molecule has 1 unspecified atom stereocenters. The molecule has 4 heteroatoms. The number of benzene rings is 2. The number of halogens is 1. The fraction of sp³-hybridized carbons (Fsp3) is 0.263. The molecule has 3 nitrogen and oxygen atoms in total. The zero-order valence-corrected chi connectivity index (χ0v) is 13.1. The summed E-state index contributed by atoms with van der Waals surface area (Å²) in [7, 11) is 0. The van der Waals surface area contributed by atoms with Crippen molar-refractivity contribution in [3.63, 3.8) is 0 Å². The highest BCUT2D eigenvalue weighted by Crippen LogP contribution is 2.24. The third kappa shape index (κ3) is 4.25. The Morgan fingerprint density at radius 3 is 1.96 bits per heavy atom. The van der Waals surface area contributed by atoms with Crippen LogP contribution in [0.4, 0.5) is 4.39 Å². The van der Waals surface area contributed by atoms with Crippen LogP contribution in [0.3, 0.4) is 0 Å². The fourth-order valence-corrected chi connectivity index (χ4v) is 2.40. The third-order valence-corrected chi connectivity index (χ3v) is 3.86. The Hall–Kier alpha value is -2.49. The topological polar surface area (TPSA) is 54.4 Å². The molecule has 0 amide bonds. The quantitative estimate of drug-likeness (QED) is 0.805. The molecule has 2 aromatic carbocycles. The van der Waals surface area contributed by atoms with Crippen LogP contribution in [0, 0.1) is 5.82 Å². The number of rotatable bonds is 6. The molecular formula is C19H19FO3. The van der Waals surface area contributed by atoms with Crippen LogP contribution in [-0.4, -0.2) is 16.9 Å². The summed E-state index contributed by atoms with van der Waals surface area (Å²) >= 11 is 0. The summed E-state index contributed by atoms with van der Waals surface area (Å²) in [4.78, 5) is 23.8. The van der Waals surface area contributed by atoms with E-state index in [4.69, 9.17) is 0 Å². The van der Waals surface area contributed by atoms with Gasteiger partial charge >= 0.3 is 5.97 Å². The second-order valence-electron chi connectivity index (χ2n) is 5.85. The Labute approximate surface area is 134 Å². The minimum Gasteiger partial charge on any atom is -0.481 e. The van der Waals surface area contributed by atoms with Gasteiger partial charge in [0, 0.05) is 12.0 Å². The van der Waals surface area contributed by atoms with E-state index in [0.29, 0.717) is 17.0 Å². The molecule has 0 aromatic heterocycles. The van der Waals surface area contributed by atoms with Gasteiger partial charge in [-0.25, -0.2) is 4.39 Å². The van der Waals surface area contributed by atoms with Crippen LogP contribution in [0.1, 0.15) is 53.6 Å². The molecule has 2 aromatic rings. The number of Topliss-reactive ketones (excluding diaryl/α,β-unsaturated/α-hetero) is 1. The molecule has 0 aliphatic carbocycles. The Morgan fingerprint density at radius 1 is 0.957 bits per heavy atom. The van der Waals surface area contributed by atoms with Gasteiger partial charge in [-0.1, -0.05) is 38.1 Å². The van der Waals surface area contributed by atoms with Gasteiger partial charge in [0.05, 0.1) is 5.92 Å². The second-order valence-corrected chi connectivity index (χ2v) is 5.85. The highest BCUT2D eigenvalue weighted by molar-refractivity contribution is 5.99. The number of carbonyl (C=O) groups excluding carboxylic acids is 1. The number of carboxylic acids is 1. The number of carboxylic acid groups (broad SMARTS) is 1. The predicted molar refractivity (Wildman–Crippen MR) is 86.3 cm³/mol. The average molecular weight is 314 g/mol. The van der Waals surface area contributed by atoms with Crippen molar-refractivity contribution in [3.05, 3.63) is 71.0 Å². The molecule has 1 atom stereocenters. The zero-order valence-electron chi connectivity index (χ0n) is 13.1. The Morgan fingerprint density at radius 2 is 1.48 bits per heavy atom. The van der Waals surface area contributed by atoms with Crippen molar-refractivity contribution < 1.29 is 19.1 Å². The second kappa shape index (κ2) is 7.18. The number of ketones is 1. The number of carbonyl (C=O) groups is 2. The number of hydrogen-bond donors (Lipinski definition) is 1. The van der Waals surface area contributed by atoms with Gasteiger partial charge in [-0.15, -0.1) is 0 Å². The van der Waals surface area contributed by atoms with Crippen molar-refractivity contribution >= 4 is 11.8 Å². The monoisotopic (exact) mass is 314 g/mol. The Kier molecular flexibility index (Phi) is 5.27. The standard InChI is InChI=1S/C19H19FO3/c1-12(2)13-3-5-14(6-4-13)17(19(22)23)11-18(21)15-7-9-16(20)10-8-15/h3-10,12,17H,11H2,1-2H3,(H,22,23). The smallest absolute Gasteiger partial charge is 0.311 e. The van der Waals surface area contributed by atoms with Gasteiger partial charge in [-0.05, 0) is 41.3 Å². The first-order chi connectivity index (χ1) is 10.9. The first-order valence-electron chi connectivity index (χ1n) is 7.50. The first-order valence-corrected chi connectivity index (χ1v) is 7.50. The van der Waals surface area contributed by atoms with Crippen molar-refractivity contribution in [3.8, 4) is 0 Å². The molecule has 23 heavy (non-hydrogen) atoms. The molecule has 0 aliphatic rings. The summed E-state index contributed by atoms with van der Waals surface area (Å²) in [6.45, 7) is 4.11. The van der Waals surface area contributed by atoms with E-state index in [1.54, 1.807) is 12.1 Å².